The van der Waals surface area contributed by atoms with Crippen molar-refractivity contribution in [3.05, 3.63) is 41.3 Å². The van der Waals surface area contributed by atoms with Crippen molar-refractivity contribution in [2.75, 3.05) is 25.9 Å². The number of aromatic nitrogens is 2. The molecule has 7 nitrogen and oxygen atoms in total. The zero-order valence-electron chi connectivity index (χ0n) is 17.4. The number of nitriles is 1. The summed E-state index contributed by atoms with van der Waals surface area (Å²) in [6.07, 6.45) is 3.63. The molecule has 0 saturated carbocycles. The lowest BCUT2D eigenvalue weighted by Crippen LogP contribution is -2.40. The summed E-state index contributed by atoms with van der Waals surface area (Å²) in [5, 5.41) is 20.6. The maximum atomic E-state index is 13.2. The fourth-order valence-electron chi connectivity index (χ4n) is 3.06. The third-order valence-electron chi connectivity index (χ3n) is 5.00. The van der Waals surface area contributed by atoms with Crippen molar-refractivity contribution < 1.29 is 4.39 Å². The third-order valence-corrected chi connectivity index (χ3v) is 5.00. The summed E-state index contributed by atoms with van der Waals surface area (Å²) in [7, 11) is 1.75. The first kappa shape index (κ1) is 22.2. The Labute approximate surface area is 171 Å². The highest BCUT2D eigenvalue weighted by Crippen LogP contribution is 2.21. The van der Waals surface area contributed by atoms with Crippen molar-refractivity contribution >= 4 is 11.8 Å². The van der Waals surface area contributed by atoms with Gasteiger partial charge >= 0.3 is 0 Å². The van der Waals surface area contributed by atoms with Crippen LogP contribution in [0.15, 0.2) is 29.3 Å². The highest BCUT2D eigenvalue weighted by molar-refractivity contribution is 5.79. The number of nitrogens with zero attached hydrogens (tertiary/aromatic N) is 4. The van der Waals surface area contributed by atoms with E-state index < -0.39 is 0 Å². The largest absolute Gasteiger partial charge is 0.382 e. The molecule has 8 heteroatoms. The van der Waals surface area contributed by atoms with Crippen LogP contribution in [0.25, 0.3) is 5.69 Å². The molecule has 4 N–H and O–H groups in total. The lowest BCUT2D eigenvalue weighted by atomic mass is 10.0. The molecule has 0 bridgehead atoms. The Balaban J connectivity index is 1.94. The molecule has 0 radical (unpaired) electrons. The van der Waals surface area contributed by atoms with Crippen LogP contribution in [0.1, 0.15) is 44.4 Å². The van der Waals surface area contributed by atoms with Gasteiger partial charge in [0, 0.05) is 20.1 Å². The molecule has 29 heavy (non-hydrogen) atoms. The van der Waals surface area contributed by atoms with Crippen LogP contribution in [0.4, 0.5) is 10.2 Å². The Morgan fingerprint density at radius 2 is 1.97 bits per heavy atom. The van der Waals surface area contributed by atoms with E-state index in [0.717, 1.165) is 31.8 Å². The number of aryl methyl sites for hydroxylation is 1. The van der Waals surface area contributed by atoms with E-state index in [1.807, 2.05) is 0 Å². The third kappa shape index (κ3) is 5.95. The van der Waals surface area contributed by atoms with Gasteiger partial charge < -0.3 is 16.4 Å². The molecule has 0 unspecified atom stereocenters. The Kier molecular flexibility index (Phi) is 8.46. The number of guanidine groups is 1. The molecule has 2 aromatic rings. The van der Waals surface area contributed by atoms with Crippen molar-refractivity contribution in [1.29, 1.82) is 5.26 Å². The first-order valence-corrected chi connectivity index (χ1v) is 10.0. The van der Waals surface area contributed by atoms with Gasteiger partial charge in [0.25, 0.3) is 0 Å². The number of nitrogens with one attached hydrogen (secondary N) is 2. The monoisotopic (exact) mass is 399 g/mol. The van der Waals surface area contributed by atoms with Gasteiger partial charge in [-0.3, -0.25) is 4.99 Å². The van der Waals surface area contributed by atoms with Crippen LogP contribution in [0.5, 0.6) is 0 Å². The molecule has 2 rings (SSSR count). The molecular formula is C21H30FN7. The van der Waals surface area contributed by atoms with Crippen LogP contribution in [0, 0.1) is 23.1 Å². The minimum absolute atomic E-state index is 0.268. The van der Waals surface area contributed by atoms with Gasteiger partial charge in [0.2, 0.25) is 0 Å². The van der Waals surface area contributed by atoms with Crippen molar-refractivity contribution in [2.24, 2.45) is 10.9 Å². The molecule has 1 aromatic heterocycles. The van der Waals surface area contributed by atoms with Gasteiger partial charge in [-0.05, 0) is 43.0 Å². The van der Waals surface area contributed by atoms with E-state index in [4.69, 9.17) is 5.73 Å². The molecular weight excluding hydrogens is 369 g/mol. The number of hydrogen-bond donors (Lipinski definition) is 3. The summed E-state index contributed by atoms with van der Waals surface area (Å²) in [5.41, 5.74) is 7.72. The standard InChI is InChI=1S/C21H30FN7/c1-4-15(5-2)14-27-21(25-3)26-12-6-7-19-18(13-23)20(24)29(28-19)17-10-8-16(22)9-11-17/h8-11,15H,4-7,12,14,24H2,1-3H3,(H2,25,26,27). The quantitative estimate of drug-likeness (QED) is 0.342. The number of halogens is 1. The van der Waals surface area contributed by atoms with E-state index in [-0.39, 0.29) is 11.6 Å². The van der Waals surface area contributed by atoms with E-state index in [0.29, 0.717) is 35.8 Å². The van der Waals surface area contributed by atoms with Crippen LogP contribution < -0.4 is 16.4 Å². The second-order valence-electron chi connectivity index (χ2n) is 6.87. The van der Waals surface area contributed by atoms with Gasteiger partial charge in [0.05, 0.1) is 11.4 Å². The zero-order valence-corrected chi connectivity index (χ0v) is 17.4. The maximum absolute atomic E-state index is 13.2. The number of aliphatic imine (C=N–C) groups is 1. The summed E-state index contributed by atoms with van der Waals surface area (Å²) < 4.78 is 14.6. The minimum Gasteiger partial charge on any atom is -0.382 e. The Bertz CT molecular complexity index is 845. The Hall–Kier alpha value is -3.08. The fourth-order valence-corrected chi connectivity index (χ4v) is 3.06. The number of nitrogens with two attached hydrogens (primary N) is 1. The molecule has 156 valence electrons. The number of hydrogen-bond acceptors (Lipinski definition) is 4. The van der Waals surface area contributed by atoms with E-state index in [1.165, 1.54) is 16.8 Å². The molecule has 1 aromatic carbocycles. The van der Waals surface area contributed by atoms with Crippen LogP contribution in [-0.4, -0.2) is 35.9 Å². The maximum Gasteiger partial charge on any atom is 0.190 e. The van der Waals surface area contributed by atoms with Gasteiger partial charge in [-0.1, -0.05) is 26.7 Å². The number of nitrogen functional groups attached to an aromatic ring is 1. The summed E-state index contributed by atoms with van der Waals surface area (Å²) in [6.45, 7) is 5.96. The van der Waals surface area contributed by atoms with Crippen LogP contribution in [0.3, 0.4) is 0 Å². The van der Waals surface area contributed by atoms with E-state index in [9.17, 15) is 9.65 Å². The average Bonchev–Trinajstić information content (AvgIpc) is 3.06. The minimum atomic E-state index is -0.336. The number of anilines is 1. The molecule has 0 aliphatic carbocycles. The van der Waals surface area contributed by atoms with Gasteiger partial charge in [0.15, 0.2) is 5.96 Å². The van der Waals surface area contributed by atoms with Crippen molar-refractivity contribution in [3.8, 4) is 11.8 Å². The highest BCUT2D eigenvalue weighted by Gasteiger charge is 2.16. The van der Waals surface area contributed by atoms with E-state index in [2.05, 4.69) is 40.6 Å². The summed E-state index contributed by atoms with van der Waals surface area (Å²) in [5.74, 6) is 1.33. The predicted octanol–water partition coefficient (Wildman–Crippen LogP) is 3.00. The van der Waals surface area contributed by atoms with Crippen LogP contribution in [-0.2, 0) is 6.42 Å². The SMILES string of the molecule is CCC(CC)CNC(=NC)NCCCc1nn(-c2ccc(F)cc2)c(N)c1C#N. The van der Waals surface area contributed by atoms with Crippen LogP contribution in [0.2, 0.25) is 0 Å². The predicted molar refractivity (Wildman–Crippen MR) is 114 cm³/mol. The molecule has 0 aliphatic heterocycles. The van der Waals surface area contributed by atoms with Crippen molar-refractivity contribution in [2.45, 2.75) is 39.5 Å². The molecule has 0 atom stereocenters. The number of benzene rings is 1. The van der Waals surface area contributed by atoms with Crippen molar-refractivity contribution in [1.82, 2.24) is 20.4 Å². The smallest absolute Gasteiger partial charge is 0.190 e. The normalized spacial score (nSPS) is 11.5. The van der Waals surface area contributed by atoms with Gasteiger partial charge in [-0.15, -0.1) is 0 Å². The summed E-state index contributed by atoms with van der Waals surface area (Å²) in [4.78, 5) is 4.24. The van der Waals surface area contributed by atoms with Gasteiger partial charge in [-0.2, -0.15) is 10.4 Å². The van der Waals surface area contributed by atoms with Crippen molar-refractivity contribution in [3.63, 3.8) is 0 Å². The summed E-state index contributed by atoms with van der Waals surface area (Å²) in [6, 6.07) is 7.98. The lowest BCUT2D eigenvalue weighted by molar-refractivity contribution is 0.481. The topological polar surface area (TPSA) is 104 Å². The van der Waals surface area contributed by atoms with E-state index in [1.54, 1.807) is 19.2 Å². The zero-order chi connectivity index (χ0) is 21.2. The first-order chi connectivity index (χ1) is 14.0. The van der Waals surface area contributed by atoms with Gasteiger partial charge in [0.1, 0.15) is 23.3 Å². The summed E-state index contributed by atoms with van der Waals surface area (Å²) >= 11 is 0. The first-order valence-electron chi connectivity index (χ1n) is 10.0. The molecule has 0 spiro atoms. The fraction of sp³-hybridized carbons (Fsp3) is 0.476. The second-order valence-corrected chi connectivity index (χ2v) is 6.87. The molecule has 0 fully saturated rings. The molecule has 1 heterocycles. The Morgan fingerprint density at radius 1 is 1.28 bits per heavy atom. The Morgan fingerprint density at radius 3 is 2.55 bits per heavy atom. The molecule has 0 saturated heterocycles. The van der Waals surface area contributed by atoms with E-state index >= 15 is 0 Å². The number of rotatable bonds is 9. The molecule has 0 amide bonds. The second kappa shape index (κ2) is 11.1. The molecule has 0 aliphatic rings. The lowest BCUT2D eigenvalue weighted by Gasteiger charge is -2.16. The average molecular weight is 400 g/mol. The van der Waals surface area contributed by atoms with Gasteiger partial charge in [-0.25, -0.2) is 9.07 Å². The van der Waals surface area contributed by atoms with Crippen LogP contribution >= 0.6 is 0 Å². The highest BCUT2D eigenvalue weighted by atomic mass is 19.1.